The molecule has 1 aliphatic rings. The number of sulfonamides is 1. The summed E-state index contributed by atoms with van der Waals surface area (Å²) in [4.78, 5) is 24.7. The first-order valence-electron chi connectivity index (χ1n) is 10.9. The maximum atomic E-state index is 14.8. The second-order valence-electron chi connectivity index (χ2n) is 8.31. The minimum Gasteiger partial charge on any atom is -0.477 e. The predicted octanol–water partition coefficient (Wildman–Crippen LogP) is 5.53. The summed E-state index contributed by atoms with van der Waals surface area (Å²) in [6.45, 7) is 0. The van der Waals surface area contributed by atoms with Crippen molar-refractivity contribution in [1.82, 2.24) is 4.57 Å². The van der Waals surface area contributed by atoms with Crippen molar-refractivity contribution in [1.29, 1.82) is 0 Å². The minimum atomic E-state index is -4.60. The molecule has 0 aliphatic carbocycles. The molecule has 0 fully saturated rings. The van der Waals surface area contributed by atoms with Crippen LogP contribution >= 0.6 is 23.2 Å². The number of anilines is 1. The molecule has 0 spiro atoms. The van der Waals surface area contributed by atoms with Gasteiger partial charge in [0.15, 0.2) is 0 Å². The molecule has 0 saturated carbocycles. The number of aromatic carboxylic acids is 1. The summed E-state index contributed by atoms with van der Waals surface area (Å²) in [5.74, 6) is -2.55. The third-order valence-corrected chi connectivity index (χ3v) is 8.50. The highest BCUT2D eigenvalue weighted by atomic mass is 35.5. The first-order valence-corrected chi connectivity index (χ1v) is 13.1. The molecular weight excluding hydrogens is 542 g/mol. The molecule has 0 amide bonds. The topological polar surface area (TPSA) is 96.7 Å². The highest BCUT2D eigenvalue weighted by Crippen LogP contribution is 2.49. The van der Waals surface area contributed by atoms with Crippen LogP contribution < -0.4 is 9.86 Å². The predicted molar refractivity (Wildman–Crippen MR) is 138 cm³/mol. The Bertz CT molecular complexity index is 1690. The Morgan fingerprint density at radius 2 is 1.35 bits per heavy atom. The summed E-state index contributed by atoms with van der Waals surface area (Å²) < 4.78 is 45.0. The van der Waals surface area contributed by atoms with Crippen LogP contribution in [0.2, 0.25) is 10.0 Å². The first kappa shape index (κ1) is 25.0. The molecule has 5 rings (SSSR count). The van der Waals surface area contributed by atoms with Crippen molar-refractivity contribution >= 4 is 45.0 Å². The van der Waals surface area contributed by atoms with Crippen LogP contribution in [0.15, 0.2) is 94.6 Å². The number of hydrogen-bond donors (Lipinski definition) is 1. The standard InChI is InChI=1S/C26H17Cl2FN2O5S/c27-17-9-5-15(6-10-17)23-24(16-7-11-18(28)12-8-16)31(37(35,36)21-4-2-1-3-20(21)29)22-14-13-19(26(33)34)25(32)30(22)23/h1-14,23-24H,(H,33,34)/t23-,24+/m1/s1. The van der Waals surface area contributed by atoms with Crippen LogP contribution in [0.25, 0.3) is 0 Å². The molecule has 188 valence electrons. The number of carboxylic acids is 1. The number of benzene rings is 3. The normalized spacial score (nSPS) is 17.0. The molecule has 2 atom stereocenters. The van der Waals surface area contributed by atoms with Crippen LogP contribution in [-0.4, -0.2) is 24.1 Å². The average molecular weight is 559 g/mol. The molecule has 1 N–H and O–H groups in total. The molecule has 0 saturated heterocycles. The van der Waals surface area contributed by atoms with E-state index >= 15 is 0 Å². The van der Waals surface area contributed by atoms with Gasteiger partial charge in [-0.15, -0.1) is 0 Å². The van der Waals surface area contributed by atoms with Gasteiger partial charge in [-0.05, 0) is 59.7 Å². The molecule has 11 heteroatoms. The van der Waals surface area contributed by atoms with E-state index in [1.807, 2.05) is 0 Å². The van der Waals surface area contributed by atoms with E-state index in [0.29, 0.717) is 21.2 Å². The van der Waals surface area contributed by atoms with Gasteiger partial charge in [-0.3, -0.25) is 9.36 Å². The van der Waals surface area contributed by atoms with Crippen molar-refractivity contribution in [2.45, 2.75) is 17.0 Å². The quantitative estimate of drug-likeness (QED) is 0.347. The van der Waals surface area contributed by atoms with Crippen LogP contribution in [0, 0.1) is 5.82 Å². The summed E-state index contributed by atoms with van der Waals surface area (Å²) in [6.07, 6.45) is 0. The van der Waals surface area contributed by atoms with Crippen molar-refractivity contribution < 1.29 is 22.7 Å². The smallest absolute Gasteiger partial charge is 0.341 e. The Morgan fingerprint density at radius 3 is 1.89 bits per heavy atom. The van der Waals surface area contributed by atoms with E-state index in [9.17, 15) is 27.5 Å². The molecular formula is C26H17Cl2FN2O5S. The Hall–Kier alpha value is -3.66. The van der Waals surface area contributed by atoms with Gasteiger partial charge < -0.3 is 5.11 Å². The first-order chi connectivity index (χ1) is 17.6. The highest BCUT2D eigenvalue weighted by molar-refractivity contribution is 7.92. The maximum absolute atomic E-state index is 14.8. The Labute approximate surface area is 221 Å². The minimum absolute atomic E-state index is 0.113. The van der Waals surface area contributed by atoms with Gasteiger partial charge in [0.1, 0.15) is 22.1 Å². The van der Waals surface area contributed by atoms with Crippen molar-refractivity contribution in [2.24, 2.45) is 0 Å². The van der Waals surface area contributed by atoms with Gasteiger partial charge in [-0.1, -0.05) is 59.6 Å². The fraction of sp³-hybridized carbons (Fsp3) is 0.0769. The SMILES string of the molecule is O=C(O)c1ccc2n(c1=O)[C@H](c1ccc(Cl)cc1)[C@H](c1ccc(Cl)cc1)N2S(=O)(=O)c1ccccc1F. The van der Waals surface area contributed by atoms with E-state index in [2.05, 4.69) is 0 Å². The van der Waals surface area contributed by atoms with E-state index in [1.165, 1.54) is 18.2 Å². The highest BCUT2D eigenvalue weighted by Gasteiger charge is 2.48. The van der Waals surface area contributed by atoms with Gasteiger partial charge in [0.05, 0.1) is 12.1 Å². The summed E-state index contributed by atoms with van der Waals surface area (Å²) in [7, 11) is -4.60. The molecule has 0 bridgehead atoms. The fourth-order valence-electron chi connectivity index (χ4n) is 4.57. The van der Waals surface area contributed by atoms with Crippen LogP contribution in [0.3, 0.4) is 0 Å². The zero-order valence-corrected chi connectivity index (χ0v) is 21.1. The van der Waals surface area contributed by atoms with E-state index in [4.69, 9.17) is 23.2 Å². The third-order valence-electron chi connectivity index (χ3n) is 6.18. The van der Waals surface area contributed by atoms with Crippen LogP contribution in [0.5, 0.6) is 0 Å². The van der Waals surface area contributed by atoms with E-state index in [0.717, 1.165) is 27.1 Å². The lowest BCUT2D eigenvalue weighted by atomic mass is 9.94. The maximum Gasteiger partial charge on any atom is 0.341 e. The van der Waals surface area contributed by atoms with Gasteiger partial charge in [0.2, 0.25) is 0 Å². The van der Waals surface area contributed by atoms with Gasteiger partial charge >= 0.3 is 5.97 Å². The second-order valence-corrected chi connectivity index (χ2v) is 11.0. The summed E-state index contributed by atoms with van der Waals surface area (Å²) >= 11 is 12.2. The fourth-order valence-corrected chi connectivity index (χ4v) is 6.53. The Kier molecular flexibility index (Phi) is 6.31. The molecule has 1 aromatic heterocycles. The molecule has 0 unspecified atom stereocenters. The summed E-state index contributed by atoms with van der Waals surface area (Å²) in [5, 5.41) is 10.4. The number of hydrogen-bond acceptors (Lipinski definition) is 4. The number of pyridine rings is 1. The molecule has 4 aromatic rings. The lowest BCUT2D eigenvalue weighted by molar-refractivity contribution is 0.0694. The van der Waals surface area contributed by atoms with Crippen molar-refractivity contribution in [3.8, 4) is 0 Å². The number of carboxylic acid groups (broad SMARTS) is 1. The zero-order chi connectivity index (χ0) is 26.5. The number of carbonyl (C=O) groups is 1. The lowest BCUT2D eigenvalue weighted by Crippen LogP contribution is -2.34. The zero-order valence-electron chi connectivity index (χ0n) is 18.8. The number of rotatable bonds is 5. The van der Waals surface area contributed by atoms with E-state index in [1.54, 1.807) is 48.5 Å². The average Bonchev–Trinajstić information content (AvgIpc) is 3.22. The number of fused-ring (bicyclic) bond motifs is 1. The molecule has 7 nitrogen and oxygen atoms in total. The van der Waals surface area contributed by atoms with E-state index < -0.39 is 49.9 Å². The molecule has 2 heterocycles. The van der Waals surface area contributed by atoms with Crippen LogP contribution in [-0.2, 0) is 10.0 Å². The van der Waals surface area contributed by atoms with Gasteiger partial charge in [0, 0.05) is 10.0 Å². The molecule has 37 heavy (non-hydrogen) atoms. The van der Waals surface area contributed by atoms with E-state index in [-0.39, 0.29) is 5.82 Å². The Balaban J connectivity index is 1.88. The van der Waals surface area contributed by atoms with Gasteiger partial charge in [-0.2, -0.15) is 0 Å². The molecule has 3 aromatic carbocycles. The largest absolute Gasteiger partial charge is 0.477 e. The van der Waals surface area contributed by atoms with Crippen LogP contribution in [0.1, 0.15) is 33.6 Å². The lowest BCUT2D eigenvalue weighted by Gasteiger charge is -2.29. The van der Waals surface area contributed by atoms with Gasteiger partial charge in [0.25, 0.3) is 15.6 Å². The Morgan fingerprint density at radius 1 is 0.811 bits per heavy atom. The van der Waals surface area contributed by atoms with Gasteiger partial charge in [-0.25, -0.2) is 21.9 Å². The number of aromatic nitrogens is 1. The molecule has 0 radical (unpaired) electrons. The number of nitrogens with zero attached hydrogens (tertiary/aromatic N) is 2. The summed E-state index contributed by atoms with van der Waals surface area (Å²) in [6, 6.07) is 17.8. The van der Waals surface area contributed by atoms with Crippen molar-refractivity contribution in [3.05, 3.63) is 128 Å². The monoisotopic (exact) mass is 558 g/mol. The van der Waals surface area contributed by atoms with Crippen LogP contribution in [0.4, 0.5) is 10.2 Å². The molecule has 1 aliphatic heterocycles. The second kappa shape index (κ2) is 9.33. The van der Waals surface area contributed by atoms with Crippen molar-refractivity contribution in [2.75, 3.05) is 4.31 Å². The summed E-state index contributed by atoms with van der Waals surface area (Å²) in [5.41, 5.74) is -0.511. The third kappa shape index (κ3) is 4.19. The van der Waals surface area contributed by atoms with Crippen molar-refractivity contribution in [3.63, 3.8) is 0 Å². The number of halogens is 3.